The van der Waals surface area contributed by atoms with Crippen LogP contribution >= 0.6 is 0 Å². The average Bonchev–Trinajstić information content (AvgIpc) is 2.76. The lowest BCUT2D eigenvalue weighted by molar-refractivity contribution is 0.228. The van der Waals surface area contributed by atoms with Crippen molar-refractivity contribution in [1.82, 2.24) is 5.16 Å². The van der Waals surface area contributed by atoms with E-state index in [1.807, 2.05) is 6.07 Å². The fraction of sp³-hybridized carbons (Fsp3) is 0.769. The second-order valence-electron chi connectivity index (χ2n) is 4.31. The van der Waals surface area contributed by atoms with Gasteiger partial charge in [0.25, 0.3) is 0 Å². The van der Waals surface area contributed by atoms with Gasteiger partial charge in [-0.3, -0.25) is 0 Å². The van der Waals surface area contributed by atoms with Crippen molar-refractivity contribution in [2.45, 2.75) is 64.9 Å². The van der Waals surface area contributed by atoms with Crippen molar-refractivity contribution < 1.29 is 9.63 Å². The van der Waals surface area contributed by atoms with Gasteiger partial charge in [0, 0.05) is 6.07 Å². The summed E-state index contributed by atoms with van der Waals surface area (Å²) < 4.78 is 4.92. The van der Waals surface area contributed by atoms with Gasteiger partial charge < -0.3 is 9.63 Å². The Balaban J connectivity index is 1.98. The second kappa shape index (κ2) is 8.34. The van der Waals surface area contributed by atoms with Crippen LogP contribution in [0.15, 0.2) is 10.6 Å². The average molecular weight is 225 g/mol. The number of hydrogen-bond donors (Lipinski definition) is 1. The fourth-order valence-electron chi connectivity index (χ4n) is 1.81. The number of hydrogen-bond acceptors (Lipinski definition) is 3. The van der Waals surface area contributed by atoms with Crippen molar-refractivity contribution in [3.8, 4) is 0 Å². The van der Waals surface area contributed by atoms with Crippen LogP contribution in [-0.2, 0) is 13.0 Å². The third-order valence-electron chi connectivity index (χ3n) is 2.80. The maximum absolute atomic E-state index is 8.81. The van der Waals surface area contributed by atoms with Crippen LogP contribution in [0.2, 0.25) is 0 Å². The van der Waals surface area contributed by atoms with Crippen molar-refractivity contribution in [2.24, 2.45) is 0 Å². The highest BCUT2D eigenvalue weighted by Crippen LogP contribution is 2.11. The van der Waals surface area contributed by atoms with Gasteiger partial charge in [-0.05, 0) is 12.8 Å². The topological polar surface area (TPSA) is 46.3 Å². The third-order valence-corrected chi connectivity index (χ3v) is 2.80. The molecular weight excluding hydrogens is 202 g/mol. The monoisotopic (exact) mass is 225 g/mol. The molecule has 0 radical (unpaired) electrons. The molecule has 16 heavy (non-hydrogen) atoms. The number of aliphatic hydroxyl groups is 1. The van der Waals surface area contributed by atoms with Gasteiger partial charge in [-0.1, -0.05) is 50.6 Å². The van der Waals surface area contributed by atoms with E-state index in [2.05, 4.69) is 12.1 Å². The Morgan fingerprint density at radius 1 is 1.12 bits per heavy atom. The van der Waals surface area contributed by atoms with Gasteiger partial charge in [0.1, 0.15) is 6.61 Å². The highest BCUT2D eigenvalue weighted by atomic mass is 16.5. The van der Waals surface area contributed by atoms with E-state index in [-0.39, 0.29) is 6.61 Å². The lowest BCUT2D eigenvalue weighted by atomic mass is 10.1. The van der Waals surface area contributed by atoms with Crippen LogP contribution in [0.3, 0.4) is 0 Å². The van der Waals surface area contributed by atoms with Gasteiger partial charge in [-0.25, -0.2) is 0 Å². The molecule has 0 bridgehead atoms. The van der Waals surface area contributed by atoms with Crippen molar-refractivity contribution in [3.63, 3.8) is 0 Å². The lowest BCUT2D eigenvalue weighted by Gasteiger charge is -1.99. The van der Waals surface area contributed by atoms with Crippen molar-refractivity contribution in [1.29, 1.82) is 0 Å². The summed E-state index contributed by atoms with van der Waals surface area (Å²) in [6.45, 7) is 2.19. The standard InChI is InChI=1S/C13H23NO2/c1-2-3-4-5-6-7-8-9-12-10-13(11-15)16-14-12/h10,15H,2-9,11H2,1H3. The summed E-state index contributed by atoms with van der Waals surface area (Å²) in [6, 6.07) is 1.84. The predicted molar refractivity (Wildman–Crippen MR) is 64.1 cm³/mol. The maximum atomic E-state index is 8.81. The molecule has 1 N–H and O–H groups in total. The zero-order chi connectivity index (χ0) is 11.6. The Bertz CT molecular complexity index is 271. The Morgan fingerprint density at radius 2 is 1.81 bits per heavy atom. The highest BCUT2D eigenvalue weighted by molar-refractivity contribution is 5.04. The molecule has 0 amide bonds. The van der Waals surface area contributed by atoms with Crippen molar-refractivity contribution in [2.75, 3.05) is 0 Å². The zero-order valence-electron chi connectivity index (χ0n) is 10.2. The van der Waals surface area contributed by atoms with E-state index in [0.717, 1.165) is 12.1 Å². The van der Waals surface area contributed by atoms with Crippen LogP contribution in [0.4, 0.5) is 0 Å². The van der Waals surface area contributed by atoms with Gasteiger partial charge in [0.05, 0.1) is 5.69 Å². The molecule has 3 nitrogen and oxygen atoms in total. The minimum atomic E-state index is -0.0516. The smallest absolute Gasteiger partial charge is 0.162 e. The van der Waals surface area contributed by atoms with Crippen molar-refractivity contribution in [3.05, 3.63) is 17.5 Å². The molecule has 92 valence electrons. The Morgan fingerprint density at radius 3 is 2.44 bits per heavy atom. The first kappa shape index (κ1) is 13.2. The summed E-state index contributed by atoms with van der Waals surface area (Å²) in [5.74, 6) is 0.568. The first-order valence-corrected chi connectivity index (χ1v) is 6.42. The summed E-state index contributed by atoms with van der Waals surface area (Å²) in [6.07, 6.45) is 10.1. The van der Waals surface area contributed by atoms with Gasteiger partial charge >= 0.3 is 0 Å². The van der Waals surface area contributed by atoms with Crippen LogP contribution < -0.4 is 0 Å². The van der Waals surface area contributed by atoms with E-state index >= 15 is 0 Å². The number of unbranched alkanes of at least 4 members (excludes halogenated alkanes) is 6. The fourth-order valence-corrected chi connectivity index (χ4v) is 1.81. The summed E-state index contributed by atoms with van der Waals surface area (Å²) >= 11 is 0. The number of aliphatic hydroxyl groups excluding tert-OH is 1. The van der Waals surface area contributed by atoms with Crippen LogP contribution in [0, 0.1) is 0 Å². The van der Waals surface area contributed by atoms with Gasteiger partial charge in [-0.2, -0.15) is 0 Å². The van der Waals surface area contributed by atoms with Crippen molar-refractivity contribution >= 4 is 0 Å². The van der Waals surface area contributed by atoms with E-state index < -0.39 is 0 Å². The second-order valence-corrected chi connectivity index (χ2v) is 4.31. The number of aromatic nitrogens is 1. The summed E-state index contributed by atoms with van der Waals surface area (Å²) in [7, 11) is 0. The van der Waals surface area contributed by atoms with E-state index in [1.165, 1.54) is 44.9 Å². The molecule has 0 fully saturated rings. The summed E-state index contributed by atoms with van der Waals surface area (Å²) in [5.41, 5.74) is 0.970. The molecule has 0 aliphatic heterocycles. The molecule has 0 aromatic carbocycles. The zero-order valence-corrected chi connectivity index (χ0v) is 10.2. The molecule has 1 aromatic rings. The van der Waals surface area contributed by atoms with E-state index in [4.69, 9.17) is 9.63 Å². The first-order valence-electron chi connectivity index (χ1n) is 6.42. The molecule has 1 rings (SSSR count). The SMILES string of the molecule is CCCCCCCCCc1cc(CO)on1. The van der Waals surface area contributed by atoms with E-state index in [9.17, 15) is 0 Å². The Kier molecular flexibility index (Phi) is 6.90. The number of rotatable bonds is 9. The number of nitrogens with zero attached hydrogens (tertiary/aromatic N) is 1. The molecule has 0 saturated heterocycles. The largest absolute Gasteiger partial charge is 0.388 e. The predicted octanol–water partition coefficient (Wildman–Crippen LogP) is 3.46. The molecule has 1 aromatic heterocycles. The molecular formula is C13H23NO2. The third kappa shape index (κ3) is 5.31. The Hall–Kier alpha value is -0.830. The number of aryl methyl sites for hydroxylation is 1. The maximum Gasteiger partial charge on any atom is 0.162 e. The highest BCUT2D eigenvalue weighted by Gasteiger charge is 2.02. The lowest BCUT2D eigenvalue weighted by Crippen LogP contribution is -1.86. The molecule has 0 atom stereocenters. The van der Waals surface area contributed by atoms with E-state index in [0.29, 0.717) is 5.76 Å². The molecule has 0 aliphatic carbocycles. The van der Waals surface area contributed by atoms with E-state index in [1.54, 1.807) is 0 Å². The Labute approximate surface area is 97.8 Å². The van der Waals surface area contributed by atoms with Crippen LogP contribution in [0.25, 0.3) is 0 Å². The minimum Gasteiger partial charge on any atom is -0.388 e. The summed E-state index contributed by atoms with van der Waals surface area (Å²) in [5, 5.41) is 12.7. The molecule has 0 aliphatic rings. The van der Waals surface area contributed by atoms with Crippen LogP contribution in [-0.4, -0.2) is 10.3 Å². The van der Waals surface area contributed by atoms with Crippen LogP contribution in [0.1, 0.15) is 63.3 Å². The molecule has 1 heterocycles. The molecule has 3 heteroatoms. The van der Waals surface area contributed by atoms with Gasteiger partial charge in [0.15, 0.2) is 5.76 Å². The quantitative estimate of drug-likeness (QED) is 0.655. The molecule has 0 saturated carbocycles. The molecule has 0 unspecified atom stereocenters. The van der Waals surface area contributed by atoms with Crippen LogP contribution in [0.5, 0.6) is 0 Å². The normalized spacial score (nSPS) is 10.9. The summed E-state index contributed by atoms with van der Waals surface area (Å²) in [4.78, 5) is 0. The van der Waals surface area contributed by atoms with Gasteiger partial charge in [0.2, 0.25) is 0 Å². The van der Waals surface area contributed by atoms with Gasteiger partial charge in [-0.15, -0.1) is 0 Å². The first-order chi connectivity index (χ1) is 7.86. The minimum absolute atomic E-state index is 0.0516. The molecule has 0 spiro atoms.